The summed E-state index contributed by atoms with van der Waals surface area (Å²) in [7, 11) is 1.40. The van der Waals surface area contributed by atoms with Crippen LogP contribution in [0.15, 0.2) is 0 Å². The van der Waals surface area contributed by atoms with E-state index in [2.05, 4.69) is 6.92 Å². The Hall–Kier alpha value is -0.780. The van der Waals surface area contributed by atoms with Gasteiger partial charge in [-0.2, -0.15) is 13.2 Å². The lowest BCUT2D eigenvalue weighted by Gasteiger charge is -2.39. The molecule has 1 aliphatic carbocycles. The summed E-state index contributed by atoms with van der Waals surface area (Å²) in [6.07, 6.45) is -0.995. The molecule has 0 radical (unpaired) electrons. The van der Waals surface area contributed by atoms with Crippen LogP contribution in [0.2, 0.25) is 0 Å². The molecule has 0 amide bonds. The van der Waals surface area contributed by atoms with Crippen LogP contribution in [0.25, 0.3) is 0 Å². The van der Waals surface area contributed by atoms with Gasteiger partial charge in [0.1, 0.15) is 6.04 Å². The van der Waals surface area contributed by atoms with Crippen LogP contribution in [0, 0.1) is 5.92 Å². The molecule has 3 nitrogen and oxygen atoms in total. The molecular weight excluding hydrogens is 259 g/mol. The number of carboxylic acid groups (broad SMARTS) is 1. The molecule has 0 aliphatic heterocycles. The van der Waals surface area contributed by atoms with Crippen molar-refractivity contribution in [2.24, 2.45) is 5.92 Å². The van der Waals surface area contributed by atoms with Gasteiger partial charge in [0.25, 0.3) is 0 Å². The Bertz CT molecular complexity index is 299. The van der Waals surface area contributed by atoms with Crippen LogP contribution in [0.5, 0.6) is 0 Å². The van der Waals surface area contributed by atoms with Gasteiger partial charge in [-0.1, -0.05) is 13.3 Å². The summed E-state index contributed by atoms with van der Waals surface area (Å²) in [5.74, 6) is -0.801. The van der Waals surface area contributed by atoms with E-state index in [-0.39, 0.29) is 6.04 Å². The first kappa shape index (κ1) is 16.3. The molecule has 1 aliphatic rings. The molecule has 1 rings (SSSR count). The quantitative estimate of drug-likeness (QED) is 0.840. The first-order chi connectivity index (χ1) is 8.75. The maximum atomic E-state index is 12.9. The molecule has 1 unspecified atom stereocenters. The van der Waals surface area contributed by atoms with E-state index in [0.29, 0.717) is 5.92 Å². The number of rotatable bonds is 5. The fourth-order valence-electron chi connectivity index (χ4n) is 2.87. The Morgan fingerprint density at radius 3 is 2.21 bits per heavy atom. The fourth-order valence-corrected chi connectivity index (χ4v) is 2.87. The van der Waals surface area contributed by atoms with E-state index >= 15 is 0 Å². The number of halogens is 3. The third-order valence-electron chi connectivity index (χ3n) is 4.21. The van der Waals surface area contributed by atoms with E-state index in [1.165, 1.54) is 11.9 Å². The summed E-state index contributed by atoms with van der Waals surface area (Å²) < 4.78 is 38.8. The summed E-state index contributed by atoms with van der Waals surface area (Å²) in [5, 5.41) is 8.65. The van der Waals surface area contributed by atoms with E-state index < -0.39 is 24.6 Å². The van der Waals surface area contributed by atoms with Crippen molar-refractivity contribution in [1.82, 2.24) is 4.90 Å². The predicted molar refractivity (Wildman–Crippen MR) is 65.9 cm³/mol. The molecule has 0 aromatic rings. The van der Waals surface area contributed by atoms with Gasteiger partial charge in [0, 0.05) is 6.04 Å². The second-order valence-electron chi connectivity index (χ2n) is 5.40. The first-order valence-electron chi connectivity index (χ1n) is 6.76. The van der Waals surface area contributed by atoms with Crippen molar-refractivity contribution in [3.63, 3.8) is 0 Å². The molecule has 0 aromatic carbocycles. The third-order valence-corrected chi connectivity index (χ3v) is 4.21. The van der Waals surface area contributed by atoms with Crippen LogP contribution >= 0.6 is 0 Å². The number of aliphatic carboxylic acids is 1. The normalized spacial score (nSPS) is 26.4. The lowest BCUT2D eigenvalue weighted by molar-refractivity contribution is -0.193. The minimum absolute atomic E-state index is 0.159. The molecule has 1 fully saturated rings. The molecule has 0 aromatic heterocycles. The Morgan fingerprint density at radius 1 is 1.32 bits per heavy atom. The summed E-state index contributed by atoms with van der Waals surface area (Å²) >= 11 is 0. The summed E-state index contributed by atoms with van der Waals surface area (Å²) in [5.41, 5.74) is 0. The van der Waals surface area contributed by atoms with E-state index in [0.717, 1.165) is 32.1 Å². The van der Waals surface area contributed by atoms with Crippen molar-refractivity contribution in [3.05, 3.63) is 0 Å². The van der Waals surface area contributed by atoms with Gasteiger partial charge in [0.15, 0.2) is 0 Å². The molecule has 0 spiro atoms. The van der Waals surface area contributed by atoms with E-state index in [1.807, 2.05) is 0 Å². The van der Waals surface area contributed by atoms with E-state index in [1.54, 1.807) is 0 Å². The standard InChI is InChI=1S/C13H22F3NO2/c1-3-9-4-6-10(7-5-9)17(2)11(8-12(18)19)13(14,15)16/h9-11H,3-8H2,1-2H3,(H,18,19). The Kier molecular flexibility index (Phi) is 5.64. The zero-order valence-corrected chi connectivity index (χ0v) is 11.4. The Balaban J connectivity index is 2.66. The lowest BCUT2D eigenvalue weighted by atomic mass is 9.83. The van der Waals surface area contributed by atoms with Gasteiger partial charge in [0.2, 0.25) is 0 Å². The third kappa shape index (κ3) is 4.67. The highest BCUT2D eigenvalue weighted by atomic mass is 19.4. The minimum Gasteiger partial charge on any atom is -0.481 e. The van der Waals surface area contributed by atoms with Gasteiger partial charge >= 0.3 is 12.1 Å². The second-order valence-corrected chi connectivity index (χ2v) is 5.40. The largest absolute Gasteiger partial charge is 0.481 e. The van der Waals surface area contributed by atoms with Gasteiger partial charge in [-0.25, -0.2) is 0 Å². The van der Waals surface area contributed by atoms with Crippen LogP contribution in [-0.4, -0.2) is 41.3 Å². The zero-order valence-electron chi connectivity index (χ0n) is 11.4. The van der Waals surface area contributed by atoms with Crippen molar-refractivity contribution in [2.45, 2.75) is 63.7 Å². The molecule has 0 heterocycles. The molecule has 1 saturated carbocycles. The molecular formula is C13H22F3NO2. The topological polar surface area (TPSA) is 40.5 Å². The molecule has 0 saturated heterocycles. The van der Waals surface area contributed by atoms with Crippen molar-refractivity contribution in [3.8, 4) is 0 Å². The summed E-state index contributed by atoms with van der Waals surface area (Å²) in [4.78, 5) is 11.8. The molecule has 0 bridgehead atoms. The highest BCUT2D eigenvalue weighted by Crippen LogP contribution is 2.34. The van der Waals surface area contributed by atoms with Gasteiger partial charge in [-0.05, 0) is 38.6 Å². The van der Waals surface area contributed by atoms with Gasteiger partial charge in [-0.15, -0.1) is 0 Å². The number of hydrogen-bond donors (Lipinski definition) is 1. The molecule has 1 atom stereocenters. The van der Waals surface area contributed by atoms with Gasteiger partial charge < -0.3 is 5.11 Å². The first-order valence-corrected chi connectivity index (χ1v) is 6.76. The SMILES string of the molecule is CCC1CCC(N(C)C(CC(=O)O)C(F)(F)F)CC1. The maximum Gasteiger partial charge on any atom is 0.404 e. The highest BCUT2D eigenvalue weighted by molar-refractivity contribution is 5.67. The molecule has 6 heteroatoms. The van der Waals surface area contributed by atoms with E-state index in [9.17, 15) is 18.0 Å². The van der Waals surface area contributed by atoms with Crippen LogP contribution in [0.3, 0.4) is 0 Å². The van der Waals surface area contributed by atoms with Gasteiger partial charge in [-0.3, -0.25) is 9.69 Å². The summed E-state index contributed by atoms with van der Waals surface area (Å²) in [6.45, 7) is 2.09. The second kappa shape index (κ2) is 6.59. The smallest absolute Gasteiger partial charge is 0.404 e. The maximum absolute atomic E-state index is 12.9. The minimum atomic E-state index is -4.49. The predicted octanol–water partition coefficient (Wildman–Crippen LogP) is 3.29. The van der Waals surface area contributed by atoms with Crippen LogP contribution in [-0.2, 0) is 4.79 Å². The number of hydrogen-bond acceptors (Lipinski definition) is 2. The molecule has 19 heavy (non-hydrogen) atoms. The van der Waals surface area contributed by atoms with Crippen LogP contribution in [0.1, 0.15) is 45.4 Å². The summed E-state index contributed by atoms with van der Waals surface area (Å²) in [6, 6.07) is -2.04. The Labute approximate surface area is 111 Å². The Morgan fingerprint density at radius 2 is 1.84 bits per heavy atom. The van der Waals surface area contributed by atoms with Crippen LogP contribution < -0.4 is 0 Å². The van der Waals surface area contributed by atoms with Crippen molar-refractivity contribution in [1.29, 1.82) is 0 Å². The van der Waals surface area contributed by atoms with E-state index in [4.69, 9.17) is 5.11 Å². The molecule has 112 valence electrons. The number of alkyl halides is 3. The van der Waals surface area contributed by atoms with Gasteiger partial charge in [0.05, 0.1) is 6.42 Å². The highest BCUT2D eigenvalue weighted by Gasteiger charge is 2.45. The number of nitrogens with zero attached hydrogens (tertiary/aromatic N) is 1. The zero-order chi connectivity index (χ0) is 14.6. The fraction of sp³-hybridized carbons (Fsp3) is 0.923. The number of carbonyl (C=O) groups is 1. The monoisotopic (exact) mass is 281 g/mol. The lowest BCUT2D eigenvalue weighted by Crippen LogP contribution is -2.50. The van der Waals surface area contributed by atoms with Crippen LogP contribution in [0.4, 0.5) is 13.2 Å². The number of carboxylic acids is 1. The van der Waals surface area contributed by atoms with Crippen molar-refractivity contribution in [2.75, 3.05) is 7.05 Å². The molecule has 1 N–H and O–H groups in total. The van der Waals surface area contributed by atoms with Crippen molar-refractivity contribution < 1.29 is 23.1 Å². The van der Waals surface area contributed by atoms with Crippen molar-refractivity contribution >= 4 is 5.97 Å². The average Bonchev–Trinajstić information content (AvgIpc) is 2.34. The average molecular weight is 281 g/mol.